The molecule has 0 saturated carbocycles. The molecule has 0 aliphatic carbocycles. The summed E-state index contributed by atoms with van der Waals surface area (Å²) in [5, 5.41) is 0.909. The van der Waals surface area contributed by atoms with Crippen molar-refractivity contribution in [2.45, 2.75) is 33.4 Å². The van der Waals surface area contributed by atoms with Crippen molar-refractivity contribution in [2.75, 3.05) is 0 Å². The molecule has 0 nitrogen and oxygen atoms in total. The van der Waals surface area contributed by atoms with E-state index in [1.807, 2.05) is 11.8 Å². The highest BCUT2D eigenvalue weighted by Crippen LogP contribution is 2.51. The van der Waals surface area contributed by atoms with Crippen molar-refractivity contribution in [3.63, 3.8) is 0 Å². The Morgan fingerprint density at radius 3 is 2.29 bits per heavy atom. The lowest BCUT2D eigenvalue weighted by Gasteiger charge is -2.21. The molecule has 3 rings (SSSR count). The third-order valence-electron chi connectivity index (χ3n) is 2.97. The van der Waals surface area contributed by atoms with Crippen molar-refractivity contribution in [3.05, 3.63) is 46.5 Å². The molecule has 17 heavy (non-hydrogen) atoms. The maximum atomic E-state index is 6.45. The van der Waals surface area contributed by atoms with Crippen molar-refractivity contribution in [1.29, 1.82) is 0 Å². The van der Waals surface area contributed by atoms with Gasteiger partial charge in [0.25, 0.3) is 0 Å². The Labute approximate surface area is 115 Å². The van der Waals surface area contributed by atoms with E-state index in [0.717, 1.165) is 5.02 Å². The molecule has 0 radical (unpaired) electrons. The molecule has 0 saturated heterocycles. The summed E-state index contributed by atoms with van der Waals surface area (Å²) >= 11 is 10.0. The van der Waals surface area contributed by atoms with Gasteiger partial charge in [-0.25, -0.2) is 0 Å². The fourth-order valence-electron chi connectivity index (χ4n) is 1.84. The molecule has 0 spiro atoms. The number of rotatable bonds is 0. The van der Waals surface area contributed by atoms with E-state index >= 15 is 0 Å². The monoisotopic (exact) mass is 278 g/mol. The van der Waals surface area contributed by atoms with E-state index in [0.29, 0.717) is 0 Å². The first-order valence-corrected chi connectivity index (χ1v) is 7.42. The van der Waals surface area contributed by atoms with Gasteiger partial charge in [0.1, 0.15) is 0 Å². The smallest absolute Gasteiger partial charge is 0.0588 e. The predicted octanol–water partition coefficient (Wildman–Crippen LogP) is 5.57. The molecule has 1 aliphatic heterocycles. The molecule has 1 aliphatic rings. The molecule has 1 heterocycles. The molecule has 2 aromatic rings. The van der Waals surface area contributed by atoms with Crippen LogP contribution in [0.3, 0.4) is 0 Å². The van der Waals surface area contributed by atoms with Crippen LogP contribution in [0.5, 0.6) is 0 Å². The molecule has 0 bridgehead atoms. The Bertz CT molecular complexity index is 605. The summed E-state index contributed by atoms with van der Waals surface area (Å²) in [7, 11) is 0. The largest absolute Gasteiger partial charge is 0.0877 e. The van der Waals surface area contributed by atoms with Crippen LogP contribution in [0.4, 0.5) is 0 Å². The van der Waals surface area contributed by atoms with Crippen LogP contribution < -0.4 is 0 Å². The lowest BCUT2D eigenvalue weighted by molar-refractivity contribution is 1.12. The molecule has 0 N–H and O–H groups in total. The van der Waals surface area contributed by atoms with E-state index in [1.165, 1.54) is 30.7 Å². The number of aryl methyl sites for hydroxylation is 1. The molecular formula is C14H11ClS2. The highest BCUT2D eigenvalue weighted by atomic mass is 35.5. The molecule has 0 unspecified atom stereocenters. The van der Waals surface area contributed by atoms with E-state index < -0.39 is 0 Å². The van der Waals surface area contributed by atoms with Crippen LogP contribution in [0.15, 0.2) is 49.9 Å². The van der Waals surface area contributed by atoms with Crippen molar-refractivity contribution in [3.8, 4) is 0 Å². The van der Waals surface area contributed by atoms with Crippen LogP contribution in [0.1, 0.15) is 11.1 Å². The van der Waals surface area contributed by atoms with Gasteiger partial charge in [-0.1, -0.05) is 47.3 Å². The lowest BCUT2D eigenvalue weighted by atomic mass is 10.1. The topological polar surface area (TPSA) is 0 Å². The first-order valence-electron chi connectivity index (χ1n) is 5.41. The molecule has 86 valence electrons. The normalized spacial score (nSPS) is 13.1. The van der Waals surface area contributed by atoms with Gasteiger partial charge in [0.15, 0.2) is 0 Å². The van der Waals surface area contributed by atoms with Gasteiger partial charge in [-0.3, -0.25) is 0 Å². The number of benzene rings is 2. The molecule has 0 aromatic heterocycles. The van der Waals surface area contributed by atoms with Gasteiger partial charge in [0.05, 0.1) is 5.02 Å². The van der Waals surface area contributed by atoms with E-state index in [9.17, 15) is 0 Å². The standard InChI is InChI=1S/C14H11ClS2/c1-8-7-12-14(13(15)9(8)2)17-11-6-4-3-5-10(11)16-12/h3-7H,1-2H3. The maximum Gasteiger partial charge on any atom is 0.0588 e. The molecular weight excluding hydrogens is 268 g/mol. The highest BCUT2D eigenvalue weighted by molar-refractivity contribution is 8.05. The molecule has 0 atom stereocenters. The van der Waals surface area contributed by atoms with Gasteiger partial charge >= 0.3 is 0 Å². The zero-order valence-corrected chi connectivity index (χ0v) is 12.0. The van der Waals surface area contributed by atoms with E-state index in [-0.39, 0.29) is 0 Å². The Morgan fingerprint density at radius 2 is 1.59 bits per heavy atom. The van der Waals surface area contributed by atoms with E-state index in [1.54, 1.807) is 11.8 Å². The quantitative estimate of drug-likeness (QED) is 0.527. The van der Waals surface area contributed by atoms with Crippen LogP contribution in [0.25, 0.3) is 0 Å². The second-order valence-corrected chi connectivity index (χ2v) is 6.62. The minimum Gasteiger partial charge on any atom is -0.0877 e. The van der Waals surface area contributed by atoms with Crippen LogP contribution in [-0.4, -0.2) is 0 Å². The second-order valence-electron chi connectivity index (χ2n) is 4.11. The highest BCUT2D eigenvalue weighted by Gasteiger charge is 2.20. The fraction of sp³-hybridized carbons (Fsp3) is 0.143. The molecule has 3 heteroatoms. The van der Waals surface area contributed by atoms with Crippen molar-refractivity contribution >= 4 is 35.1 Å². The molecule has 2 aromatic carbocycles. The maximum absolute atomic E-state index is 6.45. The van der Waals surface area contributed by atoms with Crippen molar-refractivity contribution in [2.24, 2.45) is 0 Å². The fourth-order valence-corrected chi connectivity index (χ4v) is 4.68. The van der Waals surface area contributed by atoms with Gasteiger partial charge in [0.2, 0.25) is 0 Å². The number of halogens is 1. The lowest BCUT2D eigenvalue weighted by Crippen LogP contribution is -1.94. The van der Waals surface area contributed by atoms with Gasteiger partial charge in [-0.2, -0.15) is 0 Å². The summed E-state index contributed by atoms with van der Waals surface area (Å²) in [4.78, 5) is 5.11. The van der Waals surface area contributed by atoms with Gasteiger partial charge in [0, 0.05) is 19.6 Å². The third kappa shape index (κ3) is 1.88. The Morgan fingerprint density at radius 1 is 0.941 bits per heavy atom. The number of fused-ring (bicyclic) bond motifs is 2. The zero-order valence-electron chi connectivity index (χ0n) is 9.58. The Hall–Kier alpha value is -0.570. The van der Waals surface area contributed by atoms with Gasteiger partial charge in [-0.15, -0.1) is 0 Å². The van der Waals surface area contributed by atoms with Crippen LogP contribution >= 0.6 is 35.1 Å². The molecule has 0 amide bonds. The average molecular weight is 279 g/mol. The predicted molar refractivity (Wildman–Crippen MR) is 75.6 cm³/mol. The third-order valence-corrected chi connectivity index (χ3v) is 6.14. The number of hydrogen-bond acceptors (Lipinski definition) is 2. The Kier molecular flexibility index (Phi) is 2.89. The van der Waals surface area contributed by atoms with Gasteiger partial charge < -0.3 is 0 Å². The van der Waals surface area contributed by atoms with Gasteiger partial charge in [-0.05, 0) is 43.2 Å². The van der Waals surface area contributed by atoms with Crippen molar-refractivity contribution < 1.29 is 0 Å². The Balaban J connectivity index is 2.18. The summed E-state index contributed by atoms with van der Waals surface area (Å²) in [6, 6.07) is 10.7. The second kappa shape index (κ2) is 4.27. The average Bonchev–Trinajstić information content (AvgIpc) is 2.34. The number of hydrogen-bond donors (Lipinski definition) is 0. The van der Waals surface area contributed by atoms with Crippen LogP contribution in [0, 0.1) is 13.8 Å². The minimum absolute atomic E-state index is 0.909. The van der Waals surface area contributed by atoms with E-state index in [2.05, 4.69) is 44.2 Å². The summed E-state index contributed by atoms with van der Waals surface area (Å²) in [5.74, 6) is 0. The summed E-state index contributed by atoms with van der Waals surface area (Å²) < 4.78 is 0. The summed E-state index contributed by atoms with van der Waals surface area (Å²) in [5.41, 5.74) is 2.46. The SMILES string of the molecule is Cc1cc2c(c(Cl)c1C)Sc1ccccc1S2. The first kappa shape index (κ1) is 11.5. The van der Waals surface area contributed by atoms with E-state index in [4.69, 9.17) is 11.6 Å². The minimum atomic E-state index is 0.909. The van der Waals surface area contributed by atoms with Crippen LogP contribution in [-0.2, 0) is 0 Å². The molecule has 0 fully saturated rings. The van der Waals surface area contributed by atoms with Crippen molar-refractivity contribution in [1.82, 2.24) is 0 Å². The summed E-state index contributed by atoms with van der Waals surface area (Å²) in [6.45, 7) is 4.21. The van der Waals surface area contributed by atoms with Crippen LogP contribution in [0.2, 0.25) is 5.02 Å². The first-order chi connectivity index (χ1) is 8.16. The zero-order chi connectivity index (χ0) is 12.0. The summed E-state index contributed by atoms with van der Waals surface area (Å²) in [6.07, 6.45) is 0.